The zero-order chi connectivity index (χ0) is 22.9. The van der Waals surface area contributed by atoms with E-state index in [0.717, 1.165) is 0 Å². The van der Waals surface area contributed by atoms with Crippen LogP contribution in [0, 0.1) is 0 Å². The van der Waals surface area contributed by atoms with Gasteiger partial charge in [0.1, 0.15) is 36.6 Å². The summed E-state index contributed by atoms with van der Waals surface area (Å²) in [5.41, 5.74) is 23.4. The Morgan fingerprint density at radius 3 is 2.10 bits per heavy atom. The van der Waals surface area contributed by atoms with E-state index in [-0.39, 0.29) is 12.5 Å². The van der Waals surface area contributed by atoms with Gasteiger partial charge in [-0.15, -0.1) is 0 Å². The maximum absolute atomic E-state index is 15.4. The first-order valence-corrected chi connectivity index (χ1v) is 10.6. The van der Waals surface area contributed by atoms with Gasteiger partial charge in [-0.25, -0.2) is 4.39 Å². The molecule has 0 spiro atoms. The van der Waals surface area contributed by atoms with E-state index >= 15 is 4.39 Å². The number of nitrogens with two attached hydrogens (primary N) is 4. The Balaban J connectivity index is 1.67. The van der Waals surface area contributed by atoms with Crippen molar-refractivity contribution in [2.75, 3.05) is 13.2 Å². The van der Waals surface area contributed by atoms with Crippen LogP contribution in [-0.4, -0.2) is 113 Å². The minimum Gasteiger partial charge on any atom is -0.394 e. The number of alkyl halides is 1. The number of rotatable bonds is 7. The van der Waals surface area contributed by atoms with Gasteiger partial charge in [-0.1, -0.05) is 0 Å². The van der Waals surface area contributed by atoms with Gasteiger partial charge >= 0.3 is 0 Å². The lowest BCUT2D eigenvalue weighted by molar-refractivity contribution is -0.306. The molecule has 1 aliphatic carbocycles. The molecule has 3 rings (SSSR count). The van der Waals surface area contributed by atoms with Gasteiger partial charge in [0, 0.05) is 18.5 Å². The summed E-state index contributed by atoms with van der Waals surface area (Å²) < 4.78 is 37.7. The first kappa shape index (κ1) is 25.1. The zero-order valence-corrected chi connectivity index (χ0v) is 17.2. The van der Waals surface area contributed by atoms with Crippen LogP contribution in [0.15, 0.2) is 0 Å². The van der Waals surface area contributed by atoms with Gasteiger partial charge in [-0.2, -0.15) is 0 Å². The van der Waals surface area contributed by atoms with Crippen molar-refractivity contribution in [1.82, 2.24) is 0 Å². The van der Waals surface area contributed by atoms with Crippen molar-refractivity contribution in [3.8, 4) is 0 Å². The maximum Gasteiger partial charge on any atom is 0.186 e. The third-order valence-electron chi connectivity index (χ3n) is 6.17. The van der Waals surface area contributed by atoms with Gasteiger partial charge < -0.3 is 62.3 Å². The summed E-state index contributed by atoms with van der Waals surface area (Å²) in [6, 6.07) is -2.82. The van der Waals surface area contributed by atoms with Crippen molar-refractivity contribution in [2.24, 2.45) is 22.9 Å². The van der Waals surface area contributed by atoms with E-state index in [0.29, 0.717) is 19.4 Å². The summed E-state index contributed by atoms with van der Waals surface area (Å²) in [7, 11) is 0. The molecule has 31 heavy (non-hydrogen) atoms. The van der Waals surface area contributed by atoms with Crippen LogP contribution in [0.4, 0.5) is 4.39 Å². The van der Waals surface area contributed by atoms with Crippen molar-refractivity contribution in [2.45, 2.75) is 98.9 Å². The standard InChI is InChI=1S/C18H35FN4O8/c19-11-15(30-17-9(25)3-6(28-17)1-2-20)7(21)4-8(22)16(11)31-18-14(27)12(23)13(26)10(5-24)29-18/h6-18,24-27H,1-5,20-23H2/t6-,7+,8-,9-,10-,11-,12+,13-,14-,15-,16+,17-,18-/m1/s1. The van der Waals surface area contributed by atoms with E-state index in [4.69, 9.17) is 41.9 Å². The number of halogens is 1. The lowest BCUT2D eigenvalue weighted by Gasteiger charge is -2.46. The van der Waals surface area contributed by atoms with Crippen molar-refractivity contribution in [1.29, 1.82) is 0 Å². The fraction of sp³-hybridized carbons (Fsp3) is 1.00. The molecule has 0 aromatic carbocycles. The molecule has 0 aromatic rings. The number of hydrogen-bond donors (Lipinski definition) is 8. The average molecular weight is 454 g/mol. The quantitative estimate of drug-likeness (QED) is 0.183. The Labute approximate surface area is 179 Å². The molecule has 3 fully saturated rings. The molecule has 0 bridgehead atoms. The summed E-state index contributed by atoms with van der Waals surface area (Å²) >= 11 is 0. The molecule has 2 heterocycles. The molecule has 3 aliphatic rings. The third kappa shape index (κ3) is 5.34. The van der Waals surface area contributed by atoms with Crippen LogP contribution in [0.25, 0.3) is 0 Å². The molecule has 13 atom stereocenters. The van der Waals surface area contributed by atoms with Crippen LogP contribution in [0.5, 0.6) is 0 Å². The monoisotopic (exact) mass is 454 g/mol. The maximum atomic E-state index is 15.4. The molecule has 13 heteroatoms. The van der Waals surface area contributed by atoms with Gasteiger partial charge in [0.05, 0.1) is 18.8 Å². The molecule has 0 unspecified atom stereocenters. The van der Waals surface area contributed by atoms with Crippen LogP contribution in [0.3, 0.4) is 0 Å². The molecule has 0 radical (unpaired) electrons. The highest BCUT2D eigenvalue weighted by molar-refractivity contribution is 5.01. The molecular formula is C18H35FN4O8. The second-order valence-corrected chi connectivity index (χ2v) is 8.50. The highest BCUT2D eigenvalue weighted by atomic mass is 19.1. The molecule has 12 nitrogen and oxygen atoms in total. The van der Waals surface area contributed by atoms with Crippen molar-refractivity contribution in [3.05, 3.63) is 0 Å². The molecule has 12 N–H and O–H groups in total. The Morgan fingerprint density at radius 1 is 0.903 bits per heavy atom. The second kappa shape index (κ2) is 10.6. The molecule has 1 saturated carbocycles. The van der Waals surface area contributed by atoms with Gasteiger partial charge in [-0.3, -0.25) is 0 Å². The van der Waals surface area contributed by atoms with Crippen LogP contribution in [0.1, 0.15) is 19.3 Å². The lowest BCUT2D eigenvalue weighted by atomic mass is 9.85. The fourth-order valence-electron chi connectivity index (χ4n) is 4.34. The number of hydrogen-bond acceptors (Lipinski definition) is 12. The van der Waals surface area contributed by atoms with Crippen LogP contribution in [-0.2, 0) is 18.9 Å². The smallest absolute Gasteiger partial charge is 0.186 e. The highest BCUT2D eigenvalue weighted by Crippen LogP contribution is 2.33. The molecule has 2 saturated heterocycles. The van der Waals surface area contributed by atoms with Gasteiger partial charge in [0.2, 0.25) is 0 Å². The summed E-state index contributed by atoms with van der Waals surface area (Å²) in [5.74, 6) is 0. The Hall–Kier alpha value is -0.550. The largest absolute Gasteiger partial charge is 0.394 e. The summed E-state index contributed by atoms with van der Waals surface area (Å²) in [5, 5.41) is 39.8. The van der Waals surface area contributed by atoms with Crippen molar-refractivity contribution >= 4 is 0 Å². The number of ether oxygens (including phenoxy) is 4. The van der Waals surface area contributed by atoms with Crippen LogP contribution < -0.4 is 22.9 Å². The Morgan fingerprint density at radius 2 is 1.52 bits per heavy atom. The third-order valence-corrected chi connectivity index (χ3v) is 6.17. The van der Waals surface area contributed by atoms with E-state index < -0.39 is 80.1 Å². The summed E-state index contributed by atoms with van der Waals surface area (Å²) in [6.45, 7) is -0.201. The molecule has 0 amide bonds. The average Bonchev–Trinajstić information content (AvgIpc) is 3.07. The van der Waals surface area contributed by atoms with E-state index in [1.54, 1.807) is 0 Å². The zero-order valence-electron chi connectivity index (χ0n) is 17.2. The van der Waals surface area contributed by atoms with E-state index in [9.17, 15) is 20.4 Å². The predicted molar refractivity (Wildman–Crippen MR) is 104 cm³/mol. The van der Waals surface area contributed by atoms with Crippen LogP contribution >= 0.6 is 0 Å². The first-order valence-electron chi connectivity index (χ1n) is 10.6. The summed E-state index contributed by atoms with van der Waals surface area (Å²) in [6.07, 6.45) is -11.0. The van der Waals surface area contributed by atoms with E-state index in [1.807, 2.05) is 0 Å². The van der Waals surface area contributed by atoms with Crippen molar-refractivity contribution in [3.63, 3.8) is 0 Å². The fourth-order valence-corrected chi connectivity index (χ4v) is 4.34. The predicted octanol–water partition coefficient (Wildman–Crippen LogP) is -4.26. The minimum absolute atomic E-state index is 0.131. The molecular weight excluding hydrogens is 419 g/mol. The molecule has 0 aromatic heterocycles. The van der Waals surface area contributed by atoms with E-state index in [1.165, 1.54) is 0 Å². The van der Waals surface area contributed by atoms with Gasteiger partial charge in [-0.05, 0) is 19.4 Å². The number of aliphatic hydroxyl groups is 4. The van der Waals surface area contributed by atoms with Gasteiger partial charge in [0.25, 0.3) is 0 Å². The van der Waals surface area contributed by atoms with E-state index in [2.05, 4.69) is 0 Å². The Bertz CT molecular complexity index is 581. The summed E-state index contributed by atoms with van der Waals surface area (Å²) in [4.78, 5) is 0. The second-order valence-electron chi connectivity index (χ2n) is 8.50. The molecule has 2 aliphatic heterocycles. The van der Waals surface area contributed by atoms with Crippen LogP contribution in [0.2, 0.25) is 0 Å². The van der Waals surface area contributed by atoms with Crippen molar-refractivity contribution < 1.29 is 43.8 Å². The SMILES string of the molecule is NCC[C@@H]1C[C@@H](O)[C@@H](O[C@H]2[C@@H](F)[C@@H](O[C@H]3O[C@H](CO)[C@@H](O)[C@H](N)[C@H]3O)[C@H](N)C[C@@H]2N)O1. The Kier molecular flexibility index (Phi) is 8.57. The number of aliphatic hydroxyl groups excluding tert-OH is 4. The lowest BCUT2D eigenvalue weighted by Crippen LogP contribution is -2.67. The highest BCUT2D eigenvalue weighted by Gasteiger charge is 2.51. The normalized spacial score (nSPS) is 51.2. The first-order chi connectivity index (χ1) is 14.7. The minimum atomic E-state index is -1.84. The molecule has 182 valence electrons. The topological polar surface area (TPSA) is 222 Å². The van der Waals surface area contributed by atoms with Gasteiger partial charge in [0.15, 0.2) is 18.8 Å².